The summed E-state index contributed by atoms with van der Waals surface area (Å²) in [5.41, 5.74) is 0. The molecule has 12 heavy (non-hydrogen) atoms. The fourth-order valence-electron chi connectivity index (χ4n) is 0.991. The number of alkyl halides is 1. The van der Waals surface area contributed by atoms with Gasteiger partial charge in [0, 0.05) is 5.38 Å². The molecule has 0 amide bonds. The molecular weight excluding hydrogens is 193 g/mol. The van der Waals surface area contributed by atoms with Gasteiger partial charge in [0.25, 0.3) is 0 Å². The Morgan fingerprint density at radius 2 is 1.75 bits per heavy atom. The highest BCUT2D eigenvalue weighted by molar-refractivity contribution is 6.20. The monoisotopic (exact) mass is 213 g/mol. The SMILES string of the molecule is CCC(Cl)CCC[N+](C)(C)C.[Cl-]. The largest absolute Gasteiger partial charge is 1.00 e. The molecule has 3 heteroatoms. The van der Waals surface area contributed by atoms with Crippen molar-refractivity contribution in [1.82, 2.24) is 0 Å². The topological polar surface area (TPSA) is 0 Å². The number of hydrogen-bond donors (Lipinski definition) is 0. The van der Waals surface area contributed by atoms with Crippen LogP contribution in [0.15, 0.2) is 0 Å². The molecule has 0 aromatic rings. The Morgan fingerprint density at radius 1 is 1.25 bits per heavy atom. The molecule has 0 rings (SSSR count). The van der Waals surface area contributed by atoms with Crippen LogP contribution in [0.1, 0.15) is 26.2 Å². The van der Waals surface area contributed by atoms with Gasteiger partial charge >= 0.3 is 0 Å². The average molecular weight is 214 g/mol. The summed E-state index contributed by atoms with van der Waals surface area (Å²) in [6.07, 6.45) is 3.50. The van der Waals surface area contributed by atoms with E-state index in [-0.39, 0.29) is 12.4 Å². The minimum Gasteiger partial charge on any atom is -1.00 e. The van der Waals surface area contributed by atoms with Crippen LogP contribution in [-0.4, -0.2) is 37.5 Å². The third kappa shape index (κ3) is 10.5. The van der Waals surface area contributed by atoms with Gasteiger partial charge in [-0.2, -0.15) is 0 Å². The van der Waals surface area contributed by atoms with E-state index < -0.39 is 0 Å². The second-order valence-corrected chi connectivity index (χ2v) is 4.78. The van der Waals surface area contributed by atoms with Crippen LogP contribution in [-0.2, 0) is 0 Å². The number of hydrogen-bond acceptors (Lipinski definition) is 0. The van der Waals surface area contributed by atoms with E-state index in [1.54, 1.807) is 0 Å². The van der Waals surface area contributed by atoms with E-state index in [2.05, 4.69) is 28.1 Å². The van der Waals surface area contributed by atoms with Gasteiger partial charge in [-0.1, -0.05) is 6.92 Å². The minimum atomic E-state index is 0. The highest BCUT2D eigenvalue weighted by Gasteiger charge is 2.08. The molecule has 0 bridgehead atoms. The van der Waals surface area contributed by atoms with Gasteiger partial charge in [-0.25, -0.2) is 0 Å². The van der Waals surface area contributed by atoms with Crippen LogP contribution >= 0.6 is 11.6 Å². The summed E-state index contributed by atoms with van der Waals surface area (Å²) in [5, 5.41) is 0.390. The third-order valence-electron chi connectivity index (χ3n) is 1.79. The van der Waals surface area contributed by atoms with Gasteiger partial charge in [-0.15, -0.1) is 11.6 Å². The van der Waals surface area contributed by atoms with Crippen LogP contribution in [0.3, 0.4) is 0 Å². The first-order chi connectivity index (χ1) is 4.95. The van der Waals surface area contributed by atoms with E-state index >= 15 is 0 Å². The lowest BCUT2D eigenvalue weighted by Gasteiger charge is -2.24. The molecule has 76 valence electrons. The van der Waals surface area contributed by atoms with Gasteiger partial charge in [0.2, 0.25) is 0 Å². The molecule has 0 aliphatic rings. The molecule has 0 heterocycles. The smallest absolute Gasteiger partial charge is 0.0780 e. The van der Waals surface area contributed by atoms with Gasteiger partial charge in [-0.3, -0.25) is 0 Å². The van der Waals surface area contributed by atoms with E-state index in [1.165, 1.54) is 13.0 Å². The van der Waals surface area contributed by atoms with E-state index in [0.717, 1.165) is 17.3 Å². The fourth-order valence-corrected chi connectivity index (χ4v) is 1.15. The summed E-state index contributed by atoms with van der Waals surface area (Å²) < 4.78 is 1.05. The third-order valence-corrected chi connectivity index (χ3v) is 2.32. The highest BCUT2D eigenvalue weighted by atomic mass is 35.5. The van der Waals surface area contributed by atoms with Crippen LogP contribution < -0.4 is 12.4 Å². The standard InChI is InChI=1S/C9H21ClN.ClH/c1-5-9(10)7-6-8-11(2,3)4;/h9H,5-8H2,1-4H3;1H/q+1;/p-1. The second kappa shape index (κ2) is 6.99. The Kier molecular flexibility index (Phi) is 8.76. The Hall–Kier alpha value is 0.540. The second-order valence-electron chi connectivity index (χ2n) is 4.16. The molecule has 0 radical (unpaired) electrons. The summed E-state index contributed by atoms with van der Waals surface area (Å²) in [6.45, 7) is 3.37. The van der Waals surface area contributed by atoms with Crippen molar-refractivity contribution >= 4 is 11.6 Å². The minimum absolute atomic E-state index is 0. The maximum Gasteiger partial charge on any atom is 0.0780 e. The predicted octanol–water partition coefficient (Wildman–Crippen LogP) is -0.506. The Balaban J connectivity index is 0. The molecule has 0 aromatic carbocycles. The lowest BCUT2D eigenvalue weighted by atomic mass is 10.2. The molecule has 0 saturated carbocycles. The van der Waals surface area contributed by atoms with Crippen molar-refractivity contribution in [2.45, 2.75) is 31.6 Å². The van der Waals surface area contributed by atoms with Gasteiger partial charge in [0.15, 0.2) is 0 Å². The molecule has 0 saturated heterocycles. The zero-order chi connectivity index (χ0) is 8.91. The zero-order valence-electron chi connectivity index (χ0n) is 8.61. The van der Waals surface area contributed by atoms with E-state index in [0.29, 0.717) is 5.38 Å². The van der Waals surface area contributed by atoms with Gasteiger partial charge in [0.1, 0.15) is 0 Å². The molecule has 1 unspecified atom stereocenters. The van der Waals surface area contributed by atoms with Crippen molar-refractivity contribution in [3.8, 4) is 0 Å². The molecule has 0 aliphatic heterocycles. The first-order valence-corrected chi connectivity index (χ1v) is 4.84. The summed E-state index contributed by atoms with van der Waals surface area (Å²) >= 11 is 5.99. The van der Waals surface area contributed by atoms with Crippen molar-refractivity contribution in [1.29, 1.82) is 0 Å². The molecule has 1 nitrogen and oxygen atoms in total. The van der Waals surface area contributed by atoms with Crippen LogP contribution in [0.25, 0.3) is 0 Å². The Bertz CT molecular complexity index is 99.2. The van der Waals surface area contributed by atoms with Gasteiger partial charge in [-0.05, 0) is 19.3 Å². The summed E-state index contributed by atoms with van der Waals surface area (Å²) in [6, 6.07) is 0. The lowest BCUT2D eigenvalue weighted by Crippen LogP contribution is -3.00. The predicted molar refractivity (Wildman–Crippen MR) is 52.1 cm³/mol. The van der Waals surface area contributed by atoms with Crippen molar-refractivity contribution in [2.75, 3.05) is 27.7 Å². The van der Waals surface area contributed by atoms with Crippen molar-refractivity contribution < 1.29 is 16.9 Å². The van der Waals surface area contributed by atoms with Crippen LogP contribution in [0, 0.1) is 0 Å². The van der Waals surface area contributed by atoms with Crippen molar-refractivity contribution in [2.24, 2.45) is 0 Å². The number of halogens is 2. The van der Waals surface area contributed by atoms with Gasteiger partial charge in [0.05, 0.1) is 27.7 Å². The normalized spacial score (nSPS) is 13.8. The molecule has 0 spiro atoms. The molecule has 1 atom stereocenters. The molecule has 0 N–H and O–H groups in total. The fraction of sp³-hybridized carbons (Fsp3) is 1.00. The van der Waals surface area contributed by atoms with Gasteiger partial charge < -0.3 is 16.9 Å². The van der Waals surface area contributed by atoms with Crippen LogP contribution in [0.4, 0.5) is 0 Å². The quantitative estimate of drug-likeness (QED) is 0.427. The lowest BCUT2D eigenvalue weighted by molar-refractivity contribution is -0.870. The first kappa shape index (κ1) is 15.0. The summed E-state index contributed by atoms with van der Waals surface area (Å²) in [5.74, 6) is 0. The van der Waals surface area contributed by atoms with E-state index in [9.17, 15) is 0 Å². The maximum absolute atomic E-state index is 5.99. The van der Waals surface area contributed by atoms with Crippen molar-refractivity contribution in [3.63, 3.8) is 0 Å². The summed E-state index contributed by atoms with van der Waals surface area (Å²) in [7, 11) is 6.65. The summed E-state index contributed by atoms with van der Waals surface area (Å²) in [4.78, 5) is 0. The number of nitrogens with zero attached hydrogens (tertiary/aromatic N) is 1. The molecule has 0 aliphatic carbocycles. The molecule has 0 aromatic heterocycles. The maximum atomic E-state index is 5.99. The van der Waals surface area contributed by atoms with Crippen LogP contribution in [0.2, 0.25) is 0 Å². The molecular formula is C9H21Cl2N. The number of rotatable bonds is 5. The first-order valence-electron chi connectivity index (χ1n) is 4.40. The Labute approximate surface area is 88.1 Å². The Morgan fingerprint density at radius 3 is 2.08 bits per heavy atom. The molecule has 0 fully saturated rings. The zero-order valence-corrected chi connectivity index (χ0v) is 10.1. The van der Waals surface area contributed by atoms with E-state index in [1.807, 2.05) is 0 Å². The number of quaternary nitrogens is 1. The van der Waals surface area contributed by atoms with Crippen LogP contribution in [0.5, 0.6) is 0 Å². The highest BCUT2D eigenvalue weighted by Crippen LogP contribution is 2.10. The average Bonchev–Trinajstić information content (AvgIpc) is 1.85. The van der Waals surface area contributed by atoms with Crippen molar-refractivity contribution in [3.05, 3.63) is 0 Å². The van der Waals surface area contributed by atoms with E-state index in [4.69, 9.17) is 11.6 Å².